The molecule has 4 aromatic rings. The Morgan fingerprint density at radius 2 is 1.33 bits per heavy atom. The van der Waals surface area contributed by atoms with E-state index in [-0.39, 0.29) is 5.56 Å². The minimum atomic E-state index is -0.0988. The molecule has 0 aliphatic heterocycles. The van der Waals surface area contributed by atoms with E-state index in [0.717, 1.165) is 27.8 Å². The summed E-state index contributed by atoms with van der Waals surface area (Å²) >= 11 is 0. The number of pyridine rings is 1. The first-order chi connectivity index (χ1) is 11.8. The number of fused-ring (bicyclic) bond motifs is 1. The SMILES string of the molecule is O=c1[nH]c2ccccc2c(Nc2ccccc2)c1-c1ccccc1. The molecule has 24 heavy (non-hydrogen) atoms. The van der Waals surface area contributed by atoms with Crippen molar-refractivity contribution < 1.29 is 0 Å². The first-order valence-corrected chi connectivity index (χ1v) is 7.85. The van der Waals surface area contributed by atoms with Crippen molar-refractivity contribution in [3.05, 3.63) is 95.3 Å². The summed E-state index contributed by atoms with van der Waals surface area (Å²) < 4.78 is 0. The van der Waals surface area contributed by atoms with E-state index in [1.165, 1.54) is 0 Å². The van der Waals surface area contributed by atoms with Gasteiger partial charge in [-0.3, -0.25) is 4.79 Å². The Bertz CT molecular complexity index is 1040. The summed E-state index contributed by atoms with van der Waals surface area (Å²) in [5.41, 5.74) is 4.04. The highest BCUT2D eigenvalue weighted by Gasteiger charge is 2.14. The summed E-state index contributed by atoms with van der Waals surface area (Å²) in [5.74, 6) is 0. The van der Waals surface area contributed by atoms with Crippen LogP contribution in [-0.4, -0.2) is 4.98 Å². The molecular weight excluding hydrogens is 296 g/mol. The van der Waals surface area contributed by atoms with Crippen LogP contribution < -0.4 is 10.9 Å². The van der Waals surface area contributed by atoms with Gasteiger partial charge in [0.1, 0.15) is 0 Å². The van der Waals surface area contributed by atoms with Gasteiger partial charge in [0.05, 0.1) is 16.8 Å². The number of rotatable bonds is 3. The molecule has 116 valence electrons. The zero-order chi connectivity index (χ0) is 16.4. The van der Waals surface area contributed by atoms with Crippen LogP contribution in [0.15, 0.2) is 89.7 Å². The van der Waals surface area contributed by atoms with E-state index in [1.54, 1.807) is 0 Å². The summed E-state index contributed by atoms with van der Waals surface area (Å²) in [6.45, 7) is 0. The maximum absolute atomic E-state index is 12.7. The summed E-state index contributed by atoms with van der Waals surface area (Å²) in [4.78, 5) is 15.7. The molecule has 0 fully saturated rings. The van der Waals surface area contributed by atoms with Gasteiger partial charge in [-0.2, -0.15) is 0 Å². The molecule has 3 heteroatoms. The Kier molecular flexibility index (Phi) is 3.60. The van der Waals surface area contributed by atoms with Crippen molar-refractivity contribution in [2.24, 2.45) is 0 Å². The molecule has 0 atom stereocenters. The Hall–Kier alpha value is -3.33. The highest BCUT2D eigenvalue weighted by atomic mass is 16.1. The van der Waals surface area contributed by atoms with Crippen molar-refractivity contribution in [2.45, 2.75) is 0 Å². The van der Waals surface area contributed by atoms with Gasteiger partial charge in [0.2, 0.25) is 0 Å². The number of aromatic nitrogens is 1. The lowest BCUT2D eigenvalue weighted by atomic mass is 10.0. The molecule has 0 unspecified atom stereocenters. The molecule has 1 aromatic heterocycles. The van der Waals surface area contributed by atoms with Crippen molar-refractivity contribution in [3.8, 4) is 11.1 Å². The Balaban J connectivity index is 2.02. The van der Waals surface area contributed by atoms with Crippen LogP contribution in [0.4, 0.5) is 11.4 Å². The van der Waals surface area contributed by atoms with Crippen LogP contribution in [0.2, 0.25) is 0 Å². The second-order valence-electron chi connectivity index (χ2n) is 5.61. The molecule has 0 radical (unpaired) electrons. The standard InChI is InChI=1S/C21H16N2O/c24-21-19(15-9-3-1-4-10-15)20(22-16-11-5-2-6-12-16)17-13-7-8-14-18(17)23-21/h1-14H,(H2,22,23,24). The molecule has 3 nitrogen and oxygen atoms in total. The van der Waals surface area contributed by atoms with Crippen LogP contribution in [0.3, 0.4) is 0 Å². The van der Waals surface area contributed by atoms with Crippen LogP contribution in [0, 0.1) is 0 Å². The lowest BCUT2D eigenvalue weighted by molar-refractivity contribution is 1.30. The van der Waals surface area contributed by atoms with Gasteiger partial charge in [0.25, 0.3) is 5.56 Å². The molecule has 1 heterocycles. The van der Waals surface area contributed by atoms with Gasteiger partial charge in [-0.1, -0.05) is 66.7 Å². The monoisotopic (exact) mass is 312 g/mol. The molecule has 0 amide bonds. The highest BCUT2D eigenvalue weighted by molar-refractivity contribution is 6.00. The predicted octanol–water partition coefficient (Wildman–Crippen LogP) is 4.94. The van der Waals surface area contributed by atoms with Crippen molar-refractivity contribution >= 4 is 22.3 Å². The smallest absolute Gasteiger partial charge is 0.258 e. The number of anilines is 2. The number of benzene rings is 3. The Labute approximate surface area is 139 Å². The normalized spacial score (nSPS) is 10.7. The van der Waals surface area contributed by atoms with E-state index in [0.29, 0.717) is 5.56 Å². The van der Waals surface area contributed by atoms with Gasteiger partial charge in [-0.25, -0.2) is 0 Å². The summed E-state index contributed by atoms with van der Waals surface area (Å²) in [6, 6.07) is 27.5. The number of H-pyrrole nitrogens is 1. The quantitative estimate of drug-likeness (QED) is 0.563. The molecule has 0 aliphatic carbocycles. The van der Waals surface area contributed by atoms with Crippen molar-refractivity contribution in [1.29, 1.82) is 0 Å². The zero-order valence-electron chi connectivity index (χ0n) is 13.0. The third-order valence-corrected chi connectivity index (χ3v) is 4.03. The zero-order valence-corrected chi connectivity index (χ0v) is 13.0. The number of aromatic amines is 1. The average molecular weight is 312 g/mol. The molecule has 0 spiro atoms. The fourth-order valence-electron chi connectivity index (χ4n) is 2.92. The molecule has 3 aromatic carbocycles. The Morgan fingerprint density at radius 3 is 2.08 bits per heavy atom. The van der Waals surface area contributed by atoms with Gasteiger partial charge < -0.3 is 10.3 Å². The first kappa shape index (κ1) is 14.3. The average Bonchev–Trinajstić information content (AvgIpc) is 2.63. The van der Waals surface area contributed by atoms with Gasteiger partial charge in [0, 0.05) is 11.1 Å². The van der Waals surface area contributed by atoms with E-state index >= 15 is 0 Å². The molecule has 0 bridgehead atoms. The summed E-state index contributed by atoms with van der Waals surface area (Å²) in [7, 11) is 0. The molecule has 2 N–H and O–H groups in total. The van der Waals surface area contributed by atoms with Crippen molar-refractivity contribution in [1.82, 2.24) is 4.98 Å². The lowest BCUT2D eigenvalue weighted by Crippen LogP contribution is -2.12. The maximum Gasteiger partial charge on any atom is 0.258 e. The van der Waals surface area contributed by atoms with Crippen LogP contribution >= 0.6 is 0 Å². The van der Waals surface area contributed by atoms with Gasteiger partial charge >= 0.3 is 0 Å². The third-order valence-electron chi connectivity index (χ3n) is 4.03. The second-order valence-corrected chi connectivity index (χ2v) is 5.61. The number of nitrogens with one attached hydrogen (secondary N) is 2. The summed E-state index contributed by atoms with van der Waals surface area (Å²) in [6.07, 6.45) is 0. The van der Waals surface area contributed by atoms with Crippen LogP contribution in [0.5, 0.6) is 0 Å². The highest BCUT2D eigenvalue weighted by Crippen LogP contribution is 2.33. The van der Waals surface area contributed by atoms with E-state index in [9.17, 15) is 4.79 Å². The maximum atomic E-state index is 12.7. The fraction of sp³-hybridized carbons (Fsp3) is 0. The van der Waals surface area contributed by atoms with Crippen molar-refractivity contribution in [3.63, 3.8) is 0 Å². The van der Waals surface area contributed by atoms with E-state index in [2.05, 4.69) is 10.3 Å². The van der Waals surface area contributed by atoms with Crippen molar-refractivity contribution in [2.75, 3.05) is 5.32 Å². The minimum Gasteiger partial charge on any atom is -0.354 e. The number of hydrogen-bond donors (Lipinski definition) is 2. The van der Waals surface area contributed by atoms with Gasteiger partial charge in [0.15, 0.2) is 0 Å². The third kappa shape index (κ3) is 2.57. The first-order valence-electron chi connectivity index (χ1n) is 7.85. The lowest BCUT2D eigenvalue weighted by Gasteiger charge is -2.15. The van der Waals surface area contributed by atoms with Crippen LogP contribution in [-0.2, 0) is 0 Å². The summed E-state index contributed by atoms with van der Waals surface area (Å²) in [5, 5.41) is 4.42. The predicted molar refractivity (Wildman–Crippen MR) is 99.7 cm³/mol. The number of hydrogen-bond acceptors (Lipinski definition) is 2. The molecule has 0 aliphatic rings. The molecule has 4 rings (SSSR count). The van der Waals surface area contributed by atoms with Crippen LogP contribution in [0.25, 0.3) is 22.0 Å². The Morgan fingerprint density at radius 1 is 0.708 bits per heavy atom. The van der Waals surface area contributed by atoms with E-state index < -0.39 is 0 Å². The molecular formula is C21H16N2O. The van der Waals surface area contributed by atoms with Crippen LogP contribution in [0.1, 0.15) is 0 Å². The largest absolute Gasteiger partial charge is 0.354 e. The van der Waals surface area contributed by atoms with E-state index in [1.807, 2.05) is 84.9 Å². The minimum absolute atomic E-state index is 0.0988. The van der Waals surface area contributed by atoms with Gasteiger partial charge in [-0.05, 0) is 23.8 Å². The fourth-order valence-corrected chi connectivity index (χ4v) is 2.92. The van der Waals surface area contributed by atoms with Gasteiger partial charge in [-0.15, -0.1) is 0 Å². The van der Waals surface area contributed by atoms with E-state index in [4.69, 9.17) is 0 Å². The second kappa shape index (κ2) is 6.05. The molecule has 0 saturated heterocycles. The molecule has 0 saturated carbocycles. The number of para-hydroxylation sites is 2. The topological polar surface area (TPSA) is 44.9 Å².